The number of nitrogen functional groups attached to an aromatic ring is 1. The van der Waals surface area contributed by atoms with Crippen LogP contribution in [0.25, 0.3) is 45.3 Å². The van der Waals surface area contributed by atoms with E-state index in [0.29, 0.717) is 58.6 Å². The van der Waals surface area contributed by atoms with E-state index in [1.807, 2.05) is 92.9 Å². The third kappa shape index (κ3) is 11.3. The highest BCUT2D eigenvalue weighted by atomic mass is 35.5. The number of piperazine rings is 2. The average Bonchev–Trinajstić information content (AvgIpc) is 0.832. The molecule has 5 unspecified atom stereocenters. The lowest BCUT2D eigenvalue weighted by molar-refractivity contribution is -0.131. The minimum absolute atomic E-state index is 0.0271. The van der Waals surface area contributed by atoms with Crippen LogP contribution in [0.1, 0.15) is 141 Å². The van der Waals surface area contributed by atoms with Gasteiger partial charge in [-0.05, 0) is 99.9 Å². The van der Waals surface area contributed by atoms with Crippen LogP contribution in [0.2, 0.25) is 5.02 Å². The number of amidine groups is 1. The van der Waals surface area contributed by atoms with Gasteiger partial charge < -0.3 is 30.4 Å². The van der Waals surface area contributed by atoms with Crippen molar-refractivity contribution < 1.29 is 27.9 Å². The summed E-state index contributed by atoms with van der Waals surface area (Å²) in [5, 5.41) is 12.8. The van der Waals surface area contributed by atoms with E-state index in [0.717, 1.165) is 0 Å². The molecular formula is C64H71ClF3N15O4. The fraction of sp³-hybridized carbons (Fsp3) is 0.391. The molecule has 23 heteroatoms. The Hall–Kier alpha value is -8.63. The van der Waals surface area contributed by atoms with Gasteiger partial charge in [-0.3, -0.25) is 14.5 Å². The minimum atomic E-state index is -1.63. The van der Waals surface area contributed by atoms with Crippen molar-refractivity contribution >= 4 is 69.4 Å². The van der Waals surface area contributed by atoms with E-state index in [1.165, 1.54) is 64.3 Å². The van der Waals surface area contributed by atoms with E-state index in [4.69, 9.17) is 42.3 Å². The highest BCUT2D eigenvalue weighted by Gasteiger charge is 2.42. The van der Waals surface area contributed by atoms with E-state index in [9.17, 15) is 19.5 Å². The number of nitrogens with two attached hydrogens (primary N) is 1. The summed E-state index contributed by atoms with van der Waals surface area (Å²) in [6.07, 6.45) is 4.05. The minimum Gasteiger partial charge on any atom is -0.398 e. The topological polar surface area (TPSA) is 221 Å². The molecule has 2 amide bonds. The number of aliphatic hydroxyl groups is 1. The summed E-state index contributed by atoms with van der Waals surface area (Å²) >= 11 is 7.07. The molecule has 2 saturated heterocycles. The Bertz CT molecular complexity index is 3950. The first-order valence-electron chi connectivity index (χ1n) is 29.2. The Balaban J connectivity index is 1.01. The van der Waals surface area contributed by atoms with Crippen LogP contribution in [0, 0.1) is 17.5 Å². The summed E-state index contributed by atoms with van der Waals surface area (Å²) in [5.74, 6) is -2.86. The lowest BCUT2D eigenvalue weighted by Gasteiger charge is -2.47. The fourth-order valence-corrected chi connectivity index (χ4v) is 12.1. The molecule has 10 rings (SSSR count). The number of aliphatic hydroxyl groups excluding tert-OH is 1. The number of carbonyl (C=O) groups excluding carboxylic acids is 2. The maximum absolute atomic E-state index is 16.6. The van der Waals surface area contributed by atoms with E-state index >= 15 is 13.2 Å². The standard InChI is InChI=1S/C64H71ClF3N15O4/c1-14-48(84)78-26-37(12)80(28-35(78)10)59-40-24-42(65)56(50-44(67)20-17-21-46(50)69)75-61(40)83(64(87)76-59)58-53(33(6)7)72-47(73-54(58)34(8)9)22-23-49(85)79-27-38(13)81(29-36(79)11)60-41-25-45(68)55(39-18-15-16-19-43(39)66)74-62(41)82(63(86)77-60)57-51(31(2)3)70-30-71-52(57)32(4)5/h14-25,30-38,64,87H,1,26-29,69H2,2-13H3/b23-22-. The number of aromatic nitrogens is 8. The van der Waals surface area contributed by atoms with Crippen LogP contribution in [0.15, 0.2) is 89.4 Å². The SMILES string of the molecule is C=CC(=O)N1CC(C)N(C2=NC(O)N(c3c(C(C)C)nc(/C=C\C(=O)N4CC(C)N(c5nc(=O)n(-c6c(C(C)C)ncnc6C(C)C)c6nc(-c7ccccc7F)c(F)cc56)CC4C)nc3C(C)C)c3nc(-c4c(N)cccc4F)c(Cl)cc32)CC1C. The molecule has 5 aromatic heterocycles. The van der Waals surface area contributed by atoms with Gasteiger partial charge in [-0.15, -0.1) is 0 Å². The molecular weight excluding hydrogens is 1140 g/mol. The van der Waals surface area contributed by atoms with E-state index < -0.39 is 41.6 Å². The molecule has 8 heterocycles. The van der Waals surface area contributed by atoms with Crippen molar-refractivity contribution in [1.82, 2.24) is 54.2 Å². The maximum Gasteiger partial charge on any atom is 0.355 e. The second kappa shape index (κ2) is 24.3. The first-order valence-corrected chi connectivity index (χ1v) is 29.6. The molecule has 0 aliphatic carbocycles. The highest BCUT2D eigenvalue weighted by Crippen LogP contribution is 2.46. The van der Waals surface area contributed by atoms with E-state index in [-0.39, 0.29) is 122 Å². The zero-order chi connectivity index (χ0) is 62.8. The van der Waals surface area contributed by atoms with Gasteiger partial charge in [0.15, 0.2) is 11.5 Å². The van der Waals surface area contributed by atoms with Crippen molar-refractivity contribution in [1.29, 1.82) is 0 Å². The Labute approximate surface area is 508 Å². The van der Waals surface area contributed by atoms with Gasteiger partial charge >= 0.3 is 5.69 Å². The smallest absolute Gasteiger partial charge is 0.355 e. The van der Waals surface area contributed by atoms with E-state index in [2.05, 4.69) is 21.5 Å². The number of halogens is 4. The van der Waals surface area contributed by atoms with Crippen molar-refractivity contribution in [2.75, 3.05) is 41.7 Å². The number of benzene rings is 2. The Morgan fingerprint density at radius 3 is 1.85 bits per heavy atom. The van der Waals surface area contributed by atoms with E-state index in [1.54, 1.807) is 34.1 Å². The monoisotopic (exact) mass is 1210 g/mol. The van der Waals surface area contributed by atoms with Gasteiger partial charge in [-0.2, -0.15) is 4.98 Å². The summed E-state index contributed by atoms with van der Waals surface area (Å²) in [6.45, 7) is 27.8. The van der Waals surface area contributed by atoms with Crippen LogP contribution in [0.5, 0.6) is 0 Å². The van der Waals surface area contributed by atoms with Gasteiger partial charge in [-0.25, -0.2) is 57.4 Å². The van der Waals surface area contributed by atoms with Crippen LogP contribution >= 0.6 is 11.6 Å². The number of fused-ring (bicyclic) bond motifs is 2. The lowest BCUT2D eigenvalue weighted by Crippen LogP contribution is -2.60. The highest BCUT2D eigenvalue weighted by molar-refractivity contribution is 6.34. The van der Waals surface area contributed by atoms with Crippen LogP contribution in [0.3, 0.4) is 0 Å². The number of pyridine rings is 2. The summed E-state index contributed by atoms with van der Waals surface area (Å²) in [7, 11) is 0. The largest absolute Gasteiger partial charge is 0.398 e. The first kappa shape index (κ1) is 61.5. The zero-order valence-corrected chi connectivity index (χ0v) is 51.5. The average molecular weight is 1210 g/mol. The number of hydrogen-bond acceptors (Lipinski definition) is 16. The third-order valence-corrected chi connectivity index (χ3v) is 16.5. The zero-order valence-electron chi connectivity index (χ0n) is 50.8. The second-order valence-electron chi connectivity index (χ2n) is 23.8. The van der Waals surface area contributed by atoms with Gasteiger partial charge in [-0.1, -0.05) is 91.8 Å². The number of anilines is 4. The Morgan fingerprint density at radius 1 is 0.667 bits per heavy atom. The molecule has 3 N–H and O–H groups in total. The van der Waals surface area contributed by atoms with Crippen molar-refractivity contribution in [3.63, 3.8) is 0 Å². The van der Waals surface area contributed by atoms with Crippen molar-refractivity contribution in [2.24, 2.45) is 4.99 Å². The maximum atomic E-state index is 16.6. The molecule has 7 aromatic rings. The summed E-state index contributed by atoms with van der Waals surface area (Å²) in [5.41, 5.74) is 8.68. The number of aliphatic imine (C=N–C) groups is 1. The van der Waals surface area contributed by atoms with Crippen molar-refractivity contribution in [2.45, 2.75) is 137 Å². The normalized spacial score (nSPS) is 19.1. The summed E-state index contributed by atoms with van der Waals surface area (Å²) in [6, 6.07) is 11.3. The number of carbonyl (C=O) groups is 2. The van der Waals surface area contributed by atoms with Gasteiger partial charge in [0, 0.05) is 67.7 Å². The molecule has 0 saturated carbocycles. The molecule has 3 aliphatic rings. The van der Waals surface area contributed by atoms with Crippen LogP contribution < -0.4 is 21.2 Å². The number of nitrogens with zero attached hydrogens (tertiary/aromatic N) is 14. The Morgan fingerprint density at radius 2 is 1.25 bits per heavy atom. The number of hydrogen-bond donors (Lipinski definition) is 2. The predicted molar refractivity (Wildman–Crippen MR) is 333 cm³/mol. The van der Waals surface area contributed by atoms with Gasteiger partial charge in [0.05, 0.1) is 61.4 Å². The number of rotatable bonds is 12. The molecule has 0 bridgehead atoms. The van der Waals surface area contributed by atoms with Crippen molar-refractivity contribution in [3.05, 3.63) is 147 Å². The molecule has 3 aliphatic heterocycles. The Kier molecular flexibility index (Phi) is 17.1. The molecule has 19 nitrogen and oxygen atoms in total. The van der Waals surface area contributed by atoms with Gasteiger partial charge in [0.1, 0.15) is 46.9 Å². The first-order chi connectivity index (χ1) is 41.3. The molecule has 2 fully saturated rings. The van der Waals surface area contributed by atoms with Gasteiger partial charge in [0.2, 0.25) is 18.2 Å². The summed E-state index contributed by atoms with van der Waals surface area (Å²) < 4.78 is 49.2. The molecule has 5 atom stereocenters. The summed E-state index contributed by atoms with van der Waals surface area (Å²) in [4.78, 5) is 89.7. The molecule has 87 heavy (non-hydrogen) atoms. The molecule has 2 aromatic carbocycles. The third-order valence-electron chi connectivity index (χ3n) is 16.2. The second-order valence-corrected chi connectivity index (χ2v) is 24.2. The molecule has 454 valence electrons. The lowest BCUT2D eigenvalue weighted by atomic mass is 9.98. The van der Waals surface area contributed by atoms with Crippen molar-refractivity contribution in [3.8, 4) is 28.2 Å². The van der Waals surface area contributed by atoms with Crippen LogP contribution in [0.4, 0.5) is 36.2 Å². The molecule has 0 spiro atoms. The van der Waals surface area contributed by atoms with Crippen LogP contribution in [-0.4, -0.2) is 134 Å². The van der Waals surface area contributed by atoms with Gasteiger partial charge in [0.25, 0.3) is 0 Å². The fourth-order valence-electron chi connectivity index (χ4n) is 11.9. The number of amides is 2. The van der Waals surface area contributed by atoms with Crippen LogP contribution in [-0.2, 0) is 9.59 Å². The molecule has 0 radical (unpaired) electrons. The quantitative estimate of drug-likeness (QED) is 0.0858. The predicted octanol–water partition coefficient (Wildman–Crippen LogP) is 10.7.